The lowest BCUT2D eigenvalue weighted by molar-refractivity contribution is 0.305. The zero-order valence-electron chi connectivity index (χ0n) is 16.0. The number of aromatic nitrogens is 2. The predicted molar refractivity (Wildman–Crippen MR) is 111 cm³/mol. The Labute approximate surface area is 168 Å². The van der Waals surface area contributed by atoms with E-state index in [1.807, 2.05) is 30.3 Å². The third-order valence-electron chi connectivity index (χ3n) is 6.34. The van der Waals surface area contributed by atoms with E-state index >= 15 is 0 Å². The van der Waals surface area contributed by atoms with Gasteiger partial charge in [-0.2, -0.15) is 5.10 Å². The SMILES string of the molecule is ON=C(c1n[nH]c2c1C=CC(c1ccccc1)(c1cccc(F)c1)C2)C1CCC1. The average Bonchev–Trinajstić information content (AvgIpc) is 3.13. The van der Waals surface area contributed by atoms with Crippen molar-refractivity contribution in [3.05, 3.63) is 94.6 Å². The summed E-state index contributed by atoms with van der Waals surface area (Å²) < 4.78 is 14.1. The lowest BCUT2D eigenvalue weighted by Gasteiger charge is -2.34. The molecule has 0 amide bonds. The summed E-state index contributed by atoms with van der Waals surface area (Å²) >= 11 is 0. The average molecular weight is 387 g/mol. The van der Waals surface area contributed by atoms with E-state index in [9.17, 15) is 9.60 Å². The van der Waals surface area contributed by atoms with E-state index in [1.54, 1.807) is 12.1 Å². The smallest absolute Gasteiger partial charge is 0.123 e. The van der Waals surface area contributed by atoms with Crippen molar-refractivity contribution in [2.45, 2.75) is 31.1 Å². The molecule has 2 aliphatic carbocycles. The Morgan fingerprint density at radius 3 is 2.59 bits per heavy atom. The molecule has 3 aromatic rings. The summed E-state index contributed by atoms with van der Waals surface area (Å²) in [4.78, 5) is 0. The van der Waals surface area contributed by atoms with Crippen molar-refractivity contribution in [1.29, 1.82) is 0 Å². The van der Waals surface area contributed by atoms with Crippen molar-refractivity contribution >= 4 is 11.8 Å². The molecule has 0 saturated heterocycles. The number of aromatic amines is 1. The minimum Gasteiger partial charge on any atom is -0.411 e. The maximum Gasteiger partial charge on any atom is 0.123 e. The van der Waals surface area contributed by atoms with Gasteiger partial charge in [-0.25, -0.2) is 4.39 Å². The summed E-state index contributed by atoms with van der Waals surface area (Å²) in [5, 5.41) is 20.8. The molecule has 5 heteroatoms. The molecular weight excluding hydrogens is 365 g/mol. The van der Waals surface area contributed by atoms with Crippen LogP contribution in [0, 0.1) is 11.7 Å². The van der Waals surface area contributed by atoms with E-state index in [0.29, 0.717) is 12.1 Å². The number of H-pyrrole nitrogens is 1. The maximum absolute atomic E-state index is 14.1. The number of nitrogens with zero attached hydrogens (tertiary/aromatic N) is 2. The Bertz CT molecular complexity index is 1100. The number of fused-ring (bicyclic) bond motifs is 1. The van der Waals surface area contributed by atoms with Crippen molar-refractivity contribution in [2.75, 3.05) is 0 Å². The van der Waals surface area contributed by atoms with E-state index in [4.69, 9.17) is 0 Å². The molecule has 146 valence electrons. The molecule has 0 aliphatic heterocycles. The second-order valence-corrected chi connectivity index (χ2v) is 7.94. The number of hydrogen-bond acceptors (Lipinski definition) is 3. The number of allylic oxidation sites excluding steroid dienone is 1. The van der Waals surface area contributed by atoms with Gasteiger partial charge < -0.3 is 5.21 Å². The van der Waals surface area contributed by atoms with E-state index < -0.39 is 5.41 Å². The number of hydrogen-bond donors (Lipinski definition) is 2. The Morgan fingerprint density at radius 1 is 1.10 bits per heavy atom. The second kappa shape index (κ2) is 6.99. The van der Waals surface area contributed by atoms with Crippen LogP contribution in [0.2, 0.25) is 0 Å². The van der Waals surface area contributed by atoms with Gasteiger partial charge in [-0.3, -0.25) is 5.10 Å². The van der Waals surface area contributed by atoms with Crippen molar-refractivity contribution in [3.8, 4) is 0 Å². The van der Waals surface area contributed by atoms with Crippen LogP contribution in [-0.2, 0) is 11.8 Å². The summed E-state index contributed by atoms with van der Waals surface area (Å²) in [5.41, 5.74) is 4.83. The van der Waals surface area contributed by atoms with Crippen LogP contribution < -0.4 is 0 Å². The van der Waals surface area contributed by atoms with Crippen LogP contribution in [0.3, 0.4) is 0 Å². The quantitative estimate of drug-likeness (QED) is 0.372. The lowest BCUT2D eigenvalue weighted by Crippen LogP contribution is -2.31. The number of nitrogens with one attached hydrogen (secondary N) is 1. The van der Waals surface area contributed by atoms with Gasteiger partial charge in [0.25, 0.3) is 0 Å². The zero-order chi connectivity index (χ0) is 19.8. The van der Waals surface area contributed by atoms with Crippen molar-refractivity contribution < 1.29 is 9.60 Å². The minimum atomic E-state index is -0.493. The van der Waals surface area contributed by atoms with Crippen molar-refractivity contribution in [2.24, 2.45) is 11.1 Å². The summed E-state index contributed by atoms with van der Waals surface area (Å²) in [6.07, 6.45) is 8.02. The highest BCUT2D eigenvalue weighted by atomic mass is 19.1. The summed E-state index contributed by atoms with van der Waals surface area (Å²) in [7, 11) is 0. The number of benzene rings is 2. The molecule has 2 aromatic carbocycles. The molecule has 5 rings (SSSR count). The fraction of sp³-hybridized carbons (Fsp3) is 0.250. The van der Waals surface area contributed by atoms with E-state index in [0.717, 1.165) is 47.3 Å². The Balaban J connectivity index is 1.62. The molecule has 1 fully saturated rings. The molecule has 0 radical (unpaired) electrons. The highest BCUT2D eigenvalue weighted by molar-refractivity contribution is 6.03. The monoisotopic (exact) mass is 387 g/mol. The van der Waals surface area contributed by atoms with Gasteiger partial charge >= 0.3 is 0 Å². The van der Waals surface area contributed by atoms with Gasteiger partial charge in [-0.05, 0) is 36.1 Å². The fourth-order valence-electron chi connectivity index (χ4n) is 4.53. The Morgan fingerprint density at radius 2 is 1.90 bits per heavy atom. The van der Waals surface area contributed by atoms with Crippen LogP contribution in [0.15, 0.2) is 65.8 Å². The molecular formula is C24H22FN3O. The van der Waals surface area contributed by atoms with Crippen LogP contribution in [0.4, 0.5) is 4.39 Å². The Hall–Kier alpha value is -3.21. The van der Waals surface area contributed by atoms with Gasteiger partial charge in [-0.1, -0.05) is 66.2 Å². The molecule has 1 saturated carbocycles. The molecule has 1 unspecified atom stereocenters. The molecule has 0 bridgehead atoms. The van der Waals surface area contributed by atoms with E-state index in [1.165, 1.54) is 6.07 Å². The van der Waals surface area contributed by atoms with Crippen LogP contribution in [0.5, 0.6) is 0 Å². The third-order valence-corrected chi connectivity index (χ3v) is 6.34. The van der Waals surface area contributed by atoms with Crippen LogP contribution in [-0.4, -0.2) is 21.1 Å². The largest absolute Gasteiger partial charge is 0.411 e. The maximum atomic E-state index is 14.1. The third kappa shape index (κ3) is 2.89. The van der Waals surface area contributed by atoms with Gasteiger partial charge in [-0.15, -0.1) is 0 Å². The van der Waals surface area contributed by atoms with Crippen molar-refractivity contribution in [3.63, 3.8) is 0 Å². The van der Waals surface area contributed by atoms with E-state index in [-0.39, 0.29) is 11.7 Å². The van der Waals surface area contributed by atoms with Gasteiger partial charge in [0.05, 0.1) is 0 Å². The van der Waals surface area contributed by atoms with Crippen LogP contribution >= 0.6 is 0 Å². The van der Waals surface area contributed by atoms with E-state index in [2.05, 4.69) is 33.6 Å². The number of rotatable bonds is 4. The molecule has 1 heterocycles. The molecule has 0 spiro atoms. The number of halogens is 1. The highest BCUT2D eigenvalue weighted by Crippen LogP contribution is 2.42. The van der Waals surface area contributed by atoms with Gasteiger partial charge in [0.2, 0.25) is 0 Å². The summed E-state index contributed by atoms with van der Waals surface area (Å²) in [6.45, 7) is 0. The van der Waals surface area contributed by atoms with Gasteiger partial charge in [0.1, 0.15) is 17.2 Å². The topological polar surface area (TPSA) is 61.3 Å². The molecule has 1 atom stereocenters. The van der Waals surface area contributed by atoms with Gasteiger partial charge in [0.15, 0.2) is 0 Å². The first-order valence-electron chi connectivity index (χ1n) is 10.0. The minimum absolute atomic E-state index is 0.248. The first-order valence-corrected chi connectivity index (χ1v) is 10.0. The zero-order valence-corrected chi connectivity index (χ0v) is 16.0. The molecule has 4 nitrogen and oxygen atoms in total. The molecule has 1 aromatic heterocycles. The predicted octanol–water partition coefficient (Wildman–Crippen LogP) is 5.08. The summed E-state index contributed by atoms with van der Waals surface area (Å²) in [5.74, 6) is 0.0202. The first-order chi connectivity index (χ1) is 14.2. The molecule has 2 N–H and O–H groups in total. The molecule has 29 heavy (non-hydrogen) atoms. The standard InChI is InChI=1S/C24H22FN3O/c25-19-11-5-10-18(14-19)24(17-8-2-1-3-9-17)13-12-20-21(15-24)26-27-23(20)22(28-29)16-6-4-7-16/h1-3,5,8-14,16,29H,4,6-7,15H2,(H,26,27). The summed E-state index contributed by atoms with van der Waals surface area (Å²) in [6, 6.07) is 16.9. The first kappa shape index (κ1) is 17.9. The van der Waals surface area contributed by atoms with Crippen LogP contribution in [0.1, 0.15) is 47.3 Å². The second-order valence-electron chi connectivity index (χ2n) is 7.94. The lowest BCUT2D eigenvalue weighted by atomic mass is 9.68. The normalized spacial score (nSPS) is 21.6. The van der Waals surface area contributed by atoms with Gasteiger partial charge in [0, 0.05) is 29.0 Å². The Kier molecular flexibility index (Phi) is 4.31. The highest BCUT2D eigenvalue weighted by Gasteiger charge is 2.38. The molecule has 2 aliphatic rings. The number of oxime groups is 1. The van der Waals surface area contributed by atoms with Crippen LogP contribution in [0.25, 0.3) is 6.08 Å². The van der Waals surface area contributed by atoms with Crippen molar-refractivity contribution in [1.82, 2.24) is 10.2 Å². The fourth-order valence-corrected chi connectivity index (χ4v) is 4.53.